The van der Waals surface area contributed by atoms with E-state index < -0.39 is 12.1 Å². The molecule has 106 valence electrons. The van der Waals surface area contributed by atoms with E-state index in [1.54, 1.807) is 6.07 Å². The second kappa shape index (κ2) is 5.35. The third-order valence-corrected chi connectivity index (χ3v) is 3.99. The molecule has 2 heterocycles. The molecular formula is C14H20O5. The average molecular weight is 268 g/mol. The highest BCUT2D eigenvalue weighted by Crippen LogP contribution is 2.40. The molecule has 0 aliphatic carbocycles. The van der Waals surface area contributed by atoms with Crippen molar-refractivity contribution in [1.82, 2.24) is 0 Å². The Bertz CT molecular complexity index is 452. The first-order valence-electron chi connectivity index (χ1n) is 6.47. The van der Waals surface area contributed by atoms with Crippen molar-refractivity contribution in [2.24, 2.45) is 11.8 Å². The summed E-state index contributed by atoms with van der Waals surface area (Å²) in [7, 11) is 1.29. The predicted molar refractivity (Wildman–Crippen MR) is 67.7 cm³/mol. The number of rotatable bonds is 3. The van der Waals surface area contributed by atoms with Gasteiger partial charge in [0.25, 0.3) is 0 Å². The van der Waals surface area contributed by atoms with Gasteiger partial charge in [0.2, 0.25) is 5.76 Å². The molecule has 1 fully saturated rings. The van der Waals surface area contributed by atoms with Gasteiger partial charge in [0.15, 0.2) is 0 Å². The number of methoxy groups -OCH3 is 1. The van der Waals surface area contributed by atoms with E-state index in [0.717, 1.165) is 0 Å². The Morgan fingerprint density at radius 2 is 2.00 bits per heavy atom. The van der Waals surface area contributed by atoms with Gasteiger partial charge in [-0.05, 0) is 31.9 Å². The van der Waals surface area contributed by atoms with Crippen molar-refractivity contribution in [3.8, 4) is 0 Å². The molecule has 5 heteroatoms. The second-order valence-corrected chi connectivity index (χ2v) is 5.12. The van der Waals surface area contributed by atoms with Crippen molar-refractivity contribution in [3.63, 3.8) is 0 Å². The third kappa shape index (κ3) is 2.53. The molecule has 5 unspecified atom stereocenters. The van der Waals surface area contributed by atoms with Crippen molar-refractivity contribution in [1.29, 1.82) is 0 Å². The number of hydrogen-bond donors (Lipinski definition) is 1. The number of aliphatic hydroxyl groups excluding tert-OH is 1. The first-order chi connectivity index (χ1) is 8.95. The molecule has 19 heavy (non-hydrogen) atoms. The molecule has 1 saturated heterocycles. The van der Waals surface area contributed by atoms with E-state index in [1.807, 2.05) is 20.8 Å². The molecule has 1 N–H and O–H groups in total. The summed E-state index contributed by atoms with van der Waals surface area (Å²) in [4.78, 5) is 11.3. The van der Waals surface area contributed by atoms with Gasteiger partial charge in [-0.15, -0.1) is 0 Å². The number of carbonyl (C=O) groups excluding carboxylic acids is 1. The van der Waals surface area contributed by atoms with Gasteiger partial charge in [-0.25, -0.2) is 4.79 Å². The maximum Gasteiger partial charge on any atom is 0.373 e. The van der Waals surface area contributed by atoms with Crippen LogP contribution >= 0.6 is 0 Å². The van der Waals surface area contributed by atoms with Gasteiger partial charge < -0.3 is 19.0 Å². The number of hydrogen-bond acceptors (Lipinski definition) is 5. The van der Waals surface area contributed by atoms with Crippen molar-refractivity contribution < 1.29 is 23.8 Å². The van der Waals surface area contributed by atoms with Crippen LogP contribution in [-0.4, -0.2) is 30.4 Å². The Morgan fingerprint density at radius 3 is 2.53 bits per heavy atom. The van der Waals surface area contributed by atoms with Gasteiger partial charge in [0.05, 0.1) is 19.3 Å². The number of carbonyl (C=O) groups is 1. The van der Waals surface area contributed by atoms with Gasteiger partial charge in [0.1, 0.15) is 11.9 Å². The lowest BCUT2D eigenvalue weighted by Gasteiger charge is -2.22. The summed E-state index contributed by atoms with van der Waals surface area (Å²) >= 11 is 0. The highest BCUT2D eigenvalue weighted by atomic mass is 16.5. The van der Waals surface area contributed by atoms with Crippen LogP contribution in [0.3, 0.4) is 0 Å². The minimum atomic E-state index is -0.784. The van der Waals surface area contributed by atoms with Crippen LogP contribution in [-0.2, 0) is 9.47 Å². The molecule has 5 nitrogen and oxygen atoms in total. The van der Waals surface area contributed by atoms with Crippen LogP contribution in [0, 0.1) is 11.8 Å². The number of ether oxygens (including phenoxy) is 2. The first-order valence-corrected chi connectivity index (χ1v) is 6.47. The molecule has 0 aromatic carbocycles. The maximum atomic E-state index is 11.3. The monoisotopic (exact) mass is 268 g/mol. The normalized spacial score (nSPS) is 32.3. The van der Waals surface area contributed by atoms with E-state index in [1.165, 1.54) is 13.2 Å². The molecule has 1 aliphatic heterocycles. The summed E-state index contributed by atoms with van der Waals surface area (Å²) in [5.41, 5.74) is 0. The van der Waals surface area contributed by atoms with Crippen molar-refractivity contribution >= 4 is 5.97 Å². The zero-order valence-corrected chi connectivity index (χ0v) is 11.6. The Balaban J connectivity index is 2.17. The van der Waals surface area contributed by atoms with Crippen LogP contribution < -0.4 is 0 Å². The smallest absolute Gasteiger partial charge is 0.373 e. The highest BCUT2D eigenvalue weighted by molar-refractivity contribution is 5.86. The maximum absolute atomic E-state index is 11.3. The van der Waals surface area contributed by atoms with E-state index >= 15 is 0 Å². The Hall–Kier alpha value is -1.33. The Labute approximate surface area is 112 Å². The molecule has 1 aromatic heterocycles. The summed E-state index contributed by atoms with van der Waals surface area (Å²) in [6.07, 6.45) is -0.732. The zero-order chi connectivity index (χ0) is 14.2. The van der Waals surface area contributed by atoms with Crippen LogP contribution in [0.4, 0.5) is 0 Å². The lowest BCUT2D eigenvalue weighted by molar-refractivity contribution is 0.0148. The fraction of sp³-hybridized carbons (Fsp3) is 0.643. The van der Waals surface area contributed by atoms with Gasteiger partial charge in [-0.3, -0.25) is 0 Å². The lowest BCUT2D eigenvalue weighted by atomic mass is 9.84. The van der Waals surface area contributed by atoms with Crippen LogP contribution in [0.1, 0.15) is 43.2 Å². The van der Waals surface area contributed by atoms with Gasteiger partial charge in [0, 0.05) is 5.92 Å². The largest absolute Gasteiger partial charge is 0.463 e. The fourth-order valence-electron chi connectivity index (χ4n) is 2.75. The minimum Gasteiger partial charge on any atom is -0.463 e. The van der Waals surface area contributed by atoms with E-state index in [4.69, 9.17) is 9.15 Å². The molecule has 1 aliphatic rings. The van der Waals surface area contributed by atoms with Crippen molar-refractivity contribution in [2.75, 3.05) is 7.11 Å². The standard InChI is InChI=1S/C14H20O5/c1-7-8(2)18-9(3)12(7)13(15)10-5-6-11(19-10)14(16)17-4/h5-9,12-13,15H,1-4H3. The average Bonchev–Trinajstić information content (AvgIpc) is 2.95. The molecule has 0 saturated carbocycles. The summed E-state index contributed by atoms with van der Waals surface area (Å²) in [6.45, 7) is 5.99. The number of esters is 1. The molecule has 5 atom stereocenters. The molecule has 0 radical (unpaired) electrons. The quantitative estimate of drug-likeness (QED) is 0.851. The summed E-state index contributed by atoms with van der Waals surface area (Å²) < 4.78 is 15.6. The van der Waals surface area contributed by atoms with Crippen LogP contribution in [0.15, 0.2) is 16.5 Å². The van der Waals surface area contributed by atoms with E-state index in [-0.39, 0.29) is 29.8 Å². The molecule has 0 spiro atoms. The Morgan fingerprint density at radius 1 is 1.32 bits per heavy atom. The van der Waals surface area contributed by atoms with E-state index in [0.29, 0.717) is 5.76 Å². The first kappa shape index (κ1) is 14.1. The van der Waals surface area contributed by atoms with Crippen LogP contribution in [0.25, 0.3) is 0 Å². The molecule has 0 bridgehead atoms. The van der Waals surface area contributed by atoms with Crippen LogP contribution in [0.5, 0.6) is 0 Å². The van der Waals surface area contributed by atoms with Crippen molar-refractivity contribution in [2.45, 2.75) is 39.1 Å². The van der Waals surface area contributed by atoms with Gasteiger partial charge in [-0.2, -0.15) is 0 Å². The highest BCUT2D eigenvalue weighted by Gasteiger charge is 2.42. The SMILES string of the molecule is COC(=O)c1ccc(C(O)C2C(C)OC(C)C2C)o1. The summed E-state index contributed by atoms with van der Waals surface area (Å²) in [5.74, 6) is 0.101. The lowest BCUT2D eigenvalue weighted by Crippen LogP contribution is -2.24. The number of aliphatic hydroxyl groups is 1. The topological polar surface area (TPSA) is 68.9 Å². The second-order valence-electron chi connectivity index (χ2n) is 5.12. The molecule has 0 amide bonds. The summed E-state index contributed by atoms with van der Waals surface area (Å²) in [5, 5.41) is 10.4. The molecular weight excluding hydrogens is 248 g/mol. The minimum absolute atomic E-state index is 0.0494. The Kier molecular flexibility index (Phi) is 3.96. The van der Waals surface area contributed by atoms with E-state index in [9.17, 15) is 9.90 Å². The molecule has 1 aromatic rings. The third-order valence-electron chi connectivity index (χ3n) is 3.99. The van der Waals surface area contributed by atoms with Gasteiger partial charge in [-0.1, -0.05) is 6.92 Å². The number of furan rings is 1. The van der Waals surface area contributed by atoms with E-state index in [2.05, 4.69) is 4.74 Å². The van der Waals surface area contributed by atoms with Gasteiger partial charge >= 0.3 is 5.97 Å². The fourth-order valence-corrected chi connectivity index (χ4v) is 2.75. The van der Waals surface area contributed by atoms with Crippen LogP contribution in [0.2, 0.25) is 0 Å². The van der Waals surface area contributed by atoms with Crippen molar-refractivity contribution in [3.05, 3.63) is 23.7 Å². The predicted octanol–water partition coefficient (Wildman–Crippen LogP) is 2.16. The summed E-state index contributed by atoms with van der Waals surface area (Å²) in [6, 6.07) is 3.12. The molecule has 2 rings (SSSR count). The zero-order valence-electron chi connectivity index (χ0n) is 11.6.